The summed E-state index contributed by atoms with van der Waals surface area (Å²) in [4.78, 5) is 28.5. The van der Waals surface area contributed by atoms with Gasteiger partial charge in [-0.1, -0.05) is 11.6 Å². The van der Waals surface area contributed by atoms with Gasteiger partial charge in [0, 0.05) is 16.1 Å². The minimum Gasteiger partial charge on any atom is -0.476 e. The van der Waals surface area contributed by atoms with Crippen molar-refractivity contribution in [1.29, 1.82) is 0 Å². The first-order valence-corrected chi connectivity index (χ1v) is 8.14. The standard InChI is InChI=1S/C18H18ClNO7/c1-18(2,17(22)25-11-26-20(23)24)27-15-9-5-13(6-10-15)16(21)12-3-7-14(19)8-4-12/h3-10,23-24H,11H2,1-2H3. The lowest BCUT2D eigenvalue weighted by Gasteiger charge is -2.24. The highest BCUT2D eigenvalue weighted by molar-refractivity contribution is 6.30. The fourth-order valence-electron chi connectivity index (χ4n) is 2.08. The summed E-state index contributed by atoms with van der Waals surface area (Å²) >= 11 is 5.82. The number of halogens is 1. The predicted molar refractivity (Wildman–Crippen MR) is 93.5 cm³/mol. The topological polar surface area (TPSA) is 106 Å². The summed E-state index contributed by atoms with van der Waals surface area (Å²) in [6.45, 7) is 2.24. The molecule has 9 heteroatoms. The van der Waals surface area contributed by atoms with Gasteiger partial charge < -0.3 is 9.47 Å². The summed E-state index contributed by atoms with van der Waals surface area (Å²) in [5.74, 6) is -0.617. The van der Waals surface area contributed by atoms with E-state index in [9.17, 15) is 9.59 Å². The van der Waals surface area contributed by atoms with Crippen LogP contribution in [-0.4, -0.2) is 40.0 Å². The molecule has 0 aliphatic carbocycles. The molecule has 0 bridgehead atoms. The smallest absolute Gasteiger partial charge is 0.352 e. The third-order valence-electron chi connectivity index (χ3n) is 3.45. The first-order chi connectivity index (χ1) is 12.7. The van der Waals surface area contributed by atoms with Crippen LogP contribution >= 0.6 is 11.6 Å². The van der Waals surface area contributed by atoms with Crippen LogP contribution in [0.15, 0.2) is 48.5 Å². The average Bonchev–Trinajstić information content (AvgIpc) is 2.61. The Balaban J connectivity index is 2.00. The van der Waals surface area contributed by atoms with Crippen molar-refractivity contribution in [3.05, 3.63) is 64.7 Å². The van der Waals surface area contributed by atoms with E-state index in [4.69, 9.17) is 31.5 Å². The number of hydrogen-bond acceptors (Lipinski definition) is 8. The van der Waals surface area contributed by atoms with Crippen LogP contribution in [0.25, 0.3) is 0 Å². The summed E-state index contributed by atoms with van der Waals surface area (Å²) in [5.41, 5.74) is -0.427. The third-order valence-corrected chi connectivity index (χ3v) is 3.70. The first-order valence-electron chi connectivity index (χ1n) is 7.76. The molecule has 0 heterocycles. The van der Waals surface area contributed by atoms with Crippen molar-refractivity contribution in [3.63, 3.8) is 0 Å². The van der Waals surface area contributed by atoms with Gasteiger partial charge in [0.05, 0.1) is 5.39 Å². The Morgan fingerprint density at radius 2 is 1.52 bits per heavy atom. The van der Waals surface area contributed by atoms with Gasteiger partial charge in [-0.05, 0) is 62.4 Å². The van der Waals surface area contributed by atoms with Crippen molar-refractivity contribution in [1.82, 2.24) is 5.39 Å². The minimum atomic E-state index is -1.37. The SMILES string of the molecule is CC(C)(Oc1ccc(C(=O)c2ccc(Cl)cc2)cc1)C(=O)OCON(O)O. The molecule has 0 saturated carbocycles. The Morgan fingerprint density at radius 3 is 2.04 bits per heavy atom. The Morgan fingerprint density at radius 1 is 1.00 bits per heavy atom. The Hall–Kier alpha value is -2.49. The molecule has 0 radical (unpaired) electrons. The molecule has 2 aromatic carbocycles. The van der Waals surface area contributed by atoms with Crippen LogP contribution in [0.1, 0.15) is 29.8 Å². The number of nitrogens with zero attached hydrogens (tertiary/aromatic N) is 1. The largest absolute Gasteiger partial charge is 0.476 e. The molecule has 0 unspecified atom stereocenters. The maximum atomic E-state index is 12.4. The number of ether oxygens (including phenoxy) is 2. The summed E-state index contributed by atoms with van der Waals surface area (Å²) in [6, 6.07) is 12.8. The molecule has 0 saturated heterocycles. The molecule has 2 rings (SSSR count). The number of esters is 1. The van der Waals surface area contributed by atoms with Crippen LogP contribution in [0.2, 0.25) is 5.02 Å². The summed E-state index contributed by atoms with van der Waals surface area (Å²) in [5, 5.41) is 16.7. The molecule has 2 N–H and O–H groups in total. The van der Waals surface area contributed by atoms with Gasteiger partial charge >= 0.3 is 5.97 Å². The van der Waals surface area contributed by atoms with Crippen LogP contribution in [0.5, 0.6) is 5.75 Å². The van der Waals surface area contributed by atoms with Gasteiger partial charge in [0.1, 0.15) is 5.75 Å². The van der Waals surface area contributed by atoms with Crippen molar-refractivity contribution in [2.24, 2.45) is 0 Å². The Kier molecular flexibility index (Phi) is 6.89. The van der Waals surface area contributed by atoms with Crippen LogP contribution in [0, 0.1) is 0 Å². The van der Waals surface area contributed by atoms with E-state index in [1.807, 2.05) is 0 Å². The minimum absolute atomic E-state index is 0.174. The number of ketones is 1. The lowest BCUT2D eigenvalue weighted by atomic mass is 10.0. The molecule has 0 amide bonds. The van der Waals surface area contributed by atoms with E-state index >= 15 is 0 Å². The molecule has 27 heavy (non-hydrogen) atoms. The number of benzene rings is 2. The van der Waals surface area contributed by atoms with Crippen LogP contribution in [0.4, 0.5) is 0 Å². The van der Waals surface area contributed by atoms with Crippen molar-refractivity contribution in [3.8, 4) is 5.75 Å². The molecule has 144 valence electrons. The fraction of sp³-hybridized carbons (Fsp3) is 0.222. The van der Waals surface area contributed by atoms with Crippen LogP contribution in [0.3, 0.4) is 0 Å². The molecular formula is C18H18ClNO7. The quantitative estimate of drug-likeness (QED) is 0.304. The molecule has 2 aromatic rings. The lowest BCUT2D eigenvalue weighted by Crippen LogP contribution is -2.40. The molecule has 8 nitrogen and oxygen atoms in total. The van der Waals surface area contributed by atoms with Crippen LogP contribution in [-0.2, 0) is 14.4 Å². The van der Waals surface area contributed by atoms with E-state index in [0.717, 1.165) is 0 Å². The zero-order valence-electron chi connectivity index (χ0n) is 14.6. The van der Waals surface area contributed by atoms with Gasteiger partial charge in [-0.25, -0.2) is 9.63 Å². The number of carbonyl (C=O) groups excluding carboxylic acids is 2. The highest BCUT2D eigenvalue weighted by atomic mass is 35.5. The highest BCUT2D eigenvalue weighted by Crippen LogP contribution is 2.22. The highest BCUT2D eigenvalue weighted by Gasteiger charge is 2.32. The Bertz CT molecular complexity index is 788. The fourth-order valence-corrected chi connectivity index (χ4v) is 2.21. The maximum Gasteiger partial charge on any atom is 0.352 e. The molecular weight excluding hydrogens is 378 g/mol. The summed E-state index contributed by atoms with van der Waals surface area (Å²) in [6.07, 6.45) is 0. The maximum absolute atomic E-state index is 12.4. The van der Waals surface area contributed by atoms with Gasteiger partial charge in [0.15, 0.2) is 11.4 Å². The zero-order chi connectivity index (χ0) is 20.0. The zero-order valence-corrected chi connectivity index (χ0v) is 15.3. The average molecular weight is 396 g/mol. The van der Waals surface area contributed by atoms with Gasteiger partial charge in [-0.15, -0.1) is 0 Å². The van der Waals surface area contributed by atoms with Gasteiger partial charge in [-0.2, -0.15) is 0 Å². The van der Waals surface area contributed by atoms with E-state index in [-0.39, 0.29) is 5.78 Å². The van der Waals surface area contributed by atoms with Gasteiger partial charge in [0.25, 0.3) is 0 Å². The van der Waals surface area contributed by atoms with Crippen LogP contribution < -0.4 is 4.74 Å². The number of rotatable bonds is 8. The molecule has 0 aliphatic rings. The summed E-state index contributed by atoms with van der Waals surface area (Å²) < 4.78 is 10.3. The monoisotopic (exact) mass is 395 g/mol. The number of carbonyl (C=O) groups is 2. The van der Waals surface area contributed by atoms with Crippen molar-refractivity contribution in [2.75, 3.05) is 6.79 Å². The molecule has 0 spiro atoms. The molecule has 0 aliphatic heterocycles. The lowest BCUT2D eigenvalue weighted by molar-refractivity contribution is -0.504. The van der Waals surface area contributed by atoms with Gasteiger partial charge in [0.2, 0.25) is 6.79 Å². The van der Waals surface area contributed by atoms with E-state index in [0.29, 0.717) is 21.9 Å². The van der Waals surface area contributed by atoms with E-state index in [1.54, 1.807) is 48.5 Å². The number of hydrogen-bond donors (Lipinski definition) is 2. The van der Waals surface area contributed by atoms with E-state index in [1.165, 1.54) is 13.8 Å². The van der Waals surface area contributed by atoms with E-state index < -0.39 is 23.8 Å². The van der Waals surface area contributed by atoms with Gasteiger partial charge in [-0.3, -0.25) is 15.2 Å². The molecule has 0 atom stereocenters. The van der Waals surface area contributed by atoms with Crippen molar-refractivity contribution >= 4 is 23.4 Å². The molecule has 0 fully saturated rings. The normalized spacial score (nSPS) is 11.3. The second kappa shape index (κ2) is 8.94. The summed E-state index contributed by atoms with van der Waals surface area (Å²) in [7, 11) is 0. The second-order valence-corrected chi connectivity index (χ2v) is 6.34. The van der Waals surface area contributed by atoms with Crippen molar-refractivity contribution < 1.29 is 34.3 Å². The van der Waals surface area contributed by atoms with Crippen molar-refractivity contribution in [2.45, 2.75) is 19.4 Å². The Labute approximate surface area is 160 Å². The van der Waals surface area contributed by atoms with E-state index in [2.05, 4.69) is 4.84 Å². The third kappa shape index (κ3) is 6.02. The predicted octanol–water partition coefficient (Wildman–Crippen LogP) is 3.24. The molecule has 0 aromatic heterocycles. The first kappa shape index (κ1) is 20.8. The second-order valence-electron chi connectivity index (χ2n) is 5.90.